The summed E-state index contributed by atoms with van der Waals surface area (Å²) in [5.74, 6) is 0. The van der Waals surface area contributed by atoms with Gasteiger partial charge in [-0.3, -0.25) is 4.68 Å². The van der Waals surface area contributed by atoms with Gasteiger partial charge in [-0.2, -0.15) is 5.10 Å². The fourth-order valence-electron chi connectivity index (χ4n) is 1.37. The summed E-state index contributed by atoms with van der Waals surface area (Å²) in [7, 11) is 0. The van der Waals surface area contributed by atoms with Crippen molar-refractivity contribution in [3.05, 3.63) is 15.3 Å². The average Bonchev–Trinajstić information content (AvgIpc) is 2.70. The third kappa shape index (κ3) is 2.52. The number of amides is 1. The van der Waals surface area contributed by atoms with Crippen LogP contribution in [0.2, 0.25) is 0 Å². The highest BCUT2D eigenvalue weighted by Crippen LogP contribution is 2.16. The fraction of sp³-hybridized carbons (Fsp3) is 0.500. The van der Waals surface area contributed by atoms with E-state index in [0.29, 0.717) is 26.2 Å². The van der Waals surface area contributed by atoms with E-state index in [1.165, 1.54) is 0 Å². The number of hydrogen-bond donors (Lipinski definition) is 0. The normalized spacial score (nSPS) is 15.9. The lowest BCUT2D eigenvalue weighted by molar-refractivity contribution is 0.157. The second kappa shape index (κ2) is 4.52. The molecule has 5 nitrogen and oxygen atoms in total. The number of cyclic esters (lactones) is 1. The summed E-state index contributed by atoms with van der Waals surface area (Å²) in [6, 6.07) is 1.86. The van der Waals surface area contributed by atoms with Crippen LogP contribution in [0.1, 0.15) is 0 Å². The largest absolute Gasteiger partial charge is 0.448 e. The Morgan fingerprint density at radius 1 is 1.47 bits per heavy atom. The standard InChI is InChI=1S/C8H9Br2N3O2/c9-6-5-7(10)13(11-6)2-1-12-3-4-15-8(12)14/h5H,1-4H2. The maximum absolute atomic E-state index is 11.1. The molecule has 1 aromatic rings. The van der Waals surface area contributed by atoms with E-state index >= 15 is 0 Å². The smallest absolute Gasteiger partial charge is 0.410 e. The first-order valence-electron chi connectivity index (χ1n) is 4.47. The van der Waals surface area contributed by atoms with Gasteiger partial charge in [0.05, 0.1) is 13.1 Å². The Balaban J connectivity index is 1.92. The van der Waals surface area contributed by atoms with Crippen LogP contribution in [0.5, 0.6) is 0 Å². The number of nitrogens with zero attached hydrogens (tertiary/aromatic N) is 3. The maximum Gasteiger partial charge on any atom is 0.410 e. The van der Waals surface area contributed by atoms with Crippen molar-refractivity contribution in [1.29, 1.82) is 0 Å². The van der Waals surface area contributed by atoms with Crippen molar-refractivity contribution >= 4 is 38.0 Å². The molecule has 1 aromatic heterocycles. The topological polar surface area (TPSA) is 47.4 Å². The molecule has 2 heterocycles. The lowest BCUT2D eigenvalue weighted by Crippen LogP contribution is -2.28. The first-order chi connectivity index (χ1) is 7.16. The number of hydrogen-bond acceptors (Lipinski definition) is 3. The molecular formula is C8H9Br2N3O2. The molecule has 82 valence electrons. The van der Waals surface area contributed by atoms with Crippen LogP contribution in [0.15, 0.2) is 15.3 Å². The molecule has 7 heteroatoms. The Morgan fingerprint density at radius 2 is 2.27 bits per heavy atom. The highest BCUT2D eigenvalue weighted by molar-refractivity contribution is 9.11. The van der Waals surface area contributed by atoms with Gasteiger partial charge in [0.1, 0.15) is 15.8 Å². The molecule has 1 aliphatic heterocycles. The van der Waals surface area contributed by atoms with Crippen molar-refractivity contribution in [2.75, 3.05) is 19.7 Å². The molecule has 0 atom stereocenters. The van der Waals surface area contributed by atoms with E-state index < -0.39 is 0 Å². The Labute approximate surface area is 104 Å². The summed E-state index contributed by atoms with van der Waals surface area (Å²) in [6.07, 6.45) is -0.239. The second-order valence-corrected chi connectivity index (χ2v) is 4.74. The van der Waals surface area contributed by atoms with E-state index in [-0.39, 0.29) is 6.09 Å². The van der Waals surface area contributed by atoms with E-state index in [9.17, 15) is 4.79 Å². The quantitative estimate of drug-likeness (QED) is 0.845. The Morgan fingerprint density at radius 3 is 2.80 bits per heavy atom. The highest BCUT2D eigenvalue weighted by atomic mass is 79.9. The third-order valence-corrected chi connectivity index (χ3v) is 3.15. The zero-order valence-corrected chi connectivity index (χ0v) is 11.0. The number of halogens is 2. The van der Waals surface area contributed by atoms with Gasteiger partial charge in [0.15, 0.2) is 0 Å². The average molecular weight is 339 g/mol. The predicted molar refractivity (Wildman–Crippen MR) is 60.5 cm³/mol. The number of rotatable bonds is 3. The Kier molecular flexibility index (Phi) is 3.30. The van der Waals surface area contributed by atoms with Gasteiger partial charge >= 0.3 is 6.09 Å². The van der Waals surface area contributed by atoms with Gasteiger partial charge in [0, 0.05) is 12.6 Å². The first-order valence-corrected chi connectivity index (χ1v) is 6.06. The fourth-order valence-corrected chi connectivity index (χ4v) is 2.55. The van der Waals surface area contributed by atoms with Crippen molar-refractivity contribution in [3.8, 4) is 0 Å². The molecule has 0 radical (unpaired) electrons. The molecule has 0 aromatic carbocycles. The molecule has 0 bridgehead atoms. The van der Waals surface area contributed by atoms with Crippen LogP contribution >= 0.6 is 31.9 Å². The molecule has 15 heavy (non-hydrogen) atoms. The minimum absolute atomic E-state index is 0.239. The molecule has 1 amide bonds. The minimum atomic E-state index is -0.239. The number of aromatic nitrogens is 2. The molecule has 1 aliphatic rings. The van der Waals surface area contributed by atoms with E-state index in [1.54, 1.807) is 9.58 Å². The van der Waals surface area contributed by atoms with Crippen LogP contribution in [0, 0.1) is 0 Å². The molecule has 0 unspecified atom stereocenters. The van der Waals surface area contributed by atoms with Crippen molar-refractivity contribution in [2.24, 2.45) is 0 Å². The van der Waals surface area contributed by atoms with Gasteiger partial charge in [0.2, 0.25) is 0 Å². The van der Waals surface area contributed by atoms with Crippen LogP contribution in [-0.2, 0) is 11.3 Å². The van der Waals surface area contributed by atoms with E-state index in [2.05, 4.69) is 37.0 Å². The van der Waals surface area contributed by atoms with Crippen molar-refractivity contribution in [3.63, 3.8) is 0 Å². The SMILES string of the molecule is O=C1OCCN1CCn1nc(Br)cc1Br. The van der Waals surface area contributed by atoms with Gasteiger partial charge in [0.25, 0.3) is 0 Å². The summed E-state index contributed by atoms with van der Waals surface area (Å²) in [5.41, 5.74) is 0. The van der Waals surface area contributed by atoms with Crippen LogP contribution in [0.3, 0.4) is 0 Å². The van der Waals surface area contributed by atoms with Crippen LogP contribution in [-0.4, -0.2) is 40.5 Å². The lowest BCUT2D eigenvalue weighted by Gasteiger charge is -2.12. The minimum Gasteiger partial charge on any atom is -0.448 e. The zero-order chi connectivity index (χ0) is 10.8. The van der Waals surface area contributed by atoms with Gasteiger partial charge in [-0.1, -0.05) is 0 Å². The van der Waals surface area contributed by atoms with Crippen molar-refractivity contribution in [1.82, 2.24) is 14.7 Å². The molecule has 0 N–H and O–H groups in total. The van der Waals surface area contributed by atoms with Gasteiger partial charge in [-0.15, -0.1) is 0 Å². The highest BCUT2D eigenvalue weighted by Gasteiger charge is 2.21. The van der Waals surface area contributed by atoms with Crippen LogP contribution < -0.4 is 0 Å². The van der Waals surface area contributed by atoms with Gasteiger partial charge < -0.3 is 9.64 Å². The van der Waals surface area contributed by atoms with Gasteiger partial charge in [-0.25, -0.2) is 4.79 Å². The second-order valence-electron chi connectivity index (χ2n) is 3.11. The predicted octanol–water partition coefficient (Wildman–Crippen LogP) is 1.86. The number of ether oxygens (including phenoxy) is 1. The monoisotopic (exact) mass is 337 g/mol. The summed E-state index contributed by atoms with van der Waals surface area (Å²) in [6.45, 7) is 2.43. The maximum atomic E-state index is 11.1. The molecule has 0 saturated carbocycles. The molecule has 2 rings (SSSR count). The number of carbonyl (C=O) groups excluding carboxylic acids is 1. The van der Waals surface area contributed by atoms with E-state index in [0.717, 1.165) is 9.21 Å². The van der Waals surface area contributed by atoms with Crippen molar-refractivity contribution in [2.45, 2.75) is 6.54 Å². The van der Waals surface area contributed by atoms with E-state index in [4.69, 9.17) is 4.74 Å². The summed E-state index contributed by atoms with van der Waals surface area (Å²) in [4.78, 5) is 12.8. The molecule has 1 fully saturated rings. The summed E-state index contributed by atoms with van der Waals surface area (Å²) >= 11 is 6.66. The molecular weight excluding hydrogens is 330 g/mol. The first kappa shape index (κ1) is 10.9. The molecule has 1 saturated heterocycles. The Hall–Kier alpha value is -0.560. The van der Waals surface area contributed by atoms with Crippen LogP contribution in [0.25, 0.3) is 0 Å². The van der Waals surface area contributed by atoms with Crippen molar-refractivity contribution < 1.29 is 9.53 Å². The zero-order valence-electron chi connectivity index (χ0n) is 7.82. The summed E-state index contributed by atoms with van der Waals surface area (Å²) in [5, 5.41) is 4.20. The van der Waals surface area contributed by atoms with E-state index in [1.807, 2.05) is 6.07 Å². The molecule has 0 spiro atoms. The summed E-state index contributed by atoms with van der Waals surface area (Å²) < 4.78 is 8.28. The van der Waals surface area contributed by atoms with Gasteiger partial charge in [-0.05, 0) is 31.9 Å². The molecule has 0 aliphatic carbocycles. The third-order valence-electron chi connectivity index (χ3n) is 2.13. The number of carbonyl (C=O) groups is 1. The van der Waals surface area contributed by atoms with Crippen LogP contribution in [0.4, 0.5) is 4.79 Å². The lowest BCUT2D eigenvalue weighted by atomic mass is 10.5. The Bertz CT molecular complexity index is 380.